The van der Waals surface area contributed by atoms with Gasteiger partial charge in [-0.05, 0) is 24.6 Å². The highest BCUT2D eigenvalue weighted by atomic mass is 19.4. The van der Waals surface area contributed by atoms with E-state index in [0.717, 1.165) is 24.3 Å². The van der Waals surface area contributed by atoms with Crippen LogP contribution in [0, 0.1) is 0 Å². The van der Waals surface area contributed by atoms with Crippen LogP contribution in [0.15, 0.2) is 24.3 Å². The topological polar surface area (TPSA) is 18.5 Å². The van der Waals surface area contributed by atoms with Gasteiger partial charge >= 0.3 is 35.8 Å². The lowest BCUT2D eigenvalue weighted by atomic mass is 9.84. The van der Waals surface area contributed by atoms with Crippen LogP contribution in [0.1, 0.15) is 18.9 Å². The lowest BCUT2D eigenvalue weighted by Crippen LogP contribution is -2.70. The maximum atomic E-state index is 14.2. The van der Waals surface area contributed by atoms with Crippen LogP contribution < -0.4 is 4.74 Å². The van der Waals surface area contributed by atoms with Crippen molar-refractivity contribution in [3.05, 3.63) is 29.8 Å². The Hall–Kier alpha value is -1.93. The van der Waals surface area contributed by atoms with E-state index in [1.807, 2.05) is 0 Å². The average Bonchev–Trinajstić information content (AvgIpc) is 2.66. The van der Waals surface area contributed by atoms with Crippen molar-refractivity contribution >= 4 is 0 Å². The fraction of sp³-hybridized carbons (Fsp3) is 0.647. The van der Waals surface area contributed by atoms with Crippen LogP contribution in [0.4, 0.5) is 57.1 Å². The van der Waals surface area contributed by atoms with E-state index in [1.54, 1.807) is 0 Å². The van der Waals surface area contributed by atoms with Crippen molar-refractivity contribution in [3.8, 4) is 5.75 Å². The van der Waals surface area contributed by atoms with Gasteiger partial charge in [0.25, 0.3) is 0 Å². The summed E-state index contributed by atoms with van der Waals surface area (Å²) in [5.41, 5.74) is -2.98. The van der Waals surface area contributed by atoms with E-state index >= 15 is 0 Å². The summed E-state index contributed by atoms with van der Waals surface area (Å²) in [5, 5.41) is 0. The molecule has 15 heteroatoms. The number of rotatable bonds is 9. The molecule has 1 unspecified atom stereocenters. The minimum atomic E-state index is -7.94. The third kappa shape index (κ3) is 4.19. The van der Waals surface area contributed by atoms with Crippen LogP contribution in [0.25, 0.3) is 0 Å². The summed E-state index contributed by atoms with van der Waals surface area (Å²) in [4.78, 5) is 0. The number of methoxy groups -OCH3 is 2. The van der Waals surface area contributed by atoms with E-state index in [4.69, 9.17) is 4.74 Å². The Labute approximate surface area is 172 Å². The van der Waals surface area contributed by atoms with Crippen molar-refractivity contribution in [1.82, 2.24) is 0 Å². The van der Waals surface area contributed by atoms with Gasteiger partial charge < -0.3 is 9.47 Å². The first-order valence-electron chi connectivity index (χ1n) is 8.21. The van der Waals surface area contributed by atoms with Gasteiger partial charge in [-0.3, -0.25) is 0 Å². The molecule has 0 saturated heterocycles. The number of ether oxygens (including phenoxy) is 2. The number of hydrogen-bond donors (Lipinski definition) is 0. The van der Waals surface area contributed by atoms with Crippen LogP contribution in [0.3, 0.4) is 0 Å². The molecule has 1 aromatic rings. The SMILES string of the molecule is COc1ccc(C(C)(CC(F)(F)C(F)(F)C(F)(F)C(F)(F)C(F)(F)C(F)(F)F)OC)cc1. The molecule has 0 saturated carbocycles. The highest BCUT2D eigenvalue weighted by Crippen LogP contribution is 2.61. The molecule has 0 N–H and O–H groups in total. The largest absolute Gasteiger partial charge is 0.497 e. The average molecular weight is 498 g/mol. The number of hydrogen-bond acceptors (Lipinski definition) is 2. The standard InChI is InChI=1S/C17H15F13O2/c1-11(32-3,9-4-6-10(31-2)7-5-9)8-12(18,19)13(20,21)14(22,23)15(24,25)16(26,27)17(28,29)30/h4-7H,8H2,1-3H3. The van der Waals surface area contributed by atoms with E-state index in [-0.39, 0.29) is 11.3 Å². The summed E-state index contributed by atoms with van der Waals surface area (Å²) in [6.07, 6.45) is -9.95. The summed E-state index contributed by atoms with van der Waals surface area (Å²) >= 11 is 0. The summed E-state index contributed by atoms with van der Waals surface area (Å²) in [5.74, 6) is -37.0. The minimum Gasteiger partial charge on any atom is -0.497 e. The maximum Gasteiger partial charge on any atom is 0.460 e. The minimum absolute atomic E-state index is 0.129. The molecule has 186 valence electrons. The van der Waals surface area contributed by atoms with Gasteiger partial charge in [0.15, 0.2) is 0 Å². The zero-order valence-electron chi connectivity index (χ0n) is 16.2. The molecule has 1 aromatic carbocycles. The highest BCUT2D eigenvalue weighted by molar-refractivity contribution is 5.31. The Morgan fingerprint density at radius 3 is 1.38 bits per heavy atom. The van der Waals surface area contributed by atoms with Gasteiger partial charge in [0, 0.05) is 7.11 Å². The Morgan fingerprint density at radius 2 is 1.03 bits per heavy atom. The molecule has 0 spiro atoms. The summed E-state index contributed by atoms with van der Waals surface area (Å²) in [6, 6.07) is 4.13. The Balaban J connectivity index is 3.48. The van der Waals surface area contributed by atoms with Crippen molar-refractivity contribution in [2.75, 3.05) is 14.2 Å². The highest BCUT2D eigenvalue weighted by Gasteiger charge is 2.90. The predicted octanol–water partition coefficient (Wildman–Crippen LogP) is 6.69. The van der Waals surface area contributed by atoms with Crippen LogP contribution in [-0.4, -0.2) is 50.0 Å². The smallest absolute Gasteiger partial charge is 0.460 e. The van der Waals surface area contributed by atoms with Gasteiger partial charge in [-0.1, -0.05) is 12.1 Å². The molecule has 0 aliphatic carbocycles. The third-order valence-electron chi connectivity index (χ3n) is 4.71. The Morgan fingerprint density at radius 1 is 0.625 bits per heavy atom. The Kier molecular flexibility index (Phi) is 7.14. The number of halogens is 13. The monoisotopic (exact) mass is 498 g/mol. The van der Waals surface area contributed by atoms with E-state index in [1.165, 1.54) is 7.11 Å². The molecule has 0 aromatic heterocycles. The summed E-state index contributed by atoms with van der Waals surface area (Å²) in [7, 11) is 1.85. The van der Waals surface area contributed by atoms with Gasteiger partial charge in [-0.2, -0.15) is 57.1 Å². The van der Waals surface area contributed by atoms with Crippen molar-refractivity contribution < 1.29 is 66.5 Å². The van der Waals surface area contributed by atoms with Gasteiger partial charge in [-0.25, -0.2) is 0 Å². The third-order valence-corrected chi connectivity index (χ3v) is 4.71. The second kappa shape index (κ2) is 8.13. The van der Waals surface area contributed by atoms with E-state index in [2.05, 4.69) is 4.74 Å². The molecular weight excluding hydrogens is 483 g/mol. The van der Waals surface area contributed by atoms with Crippen molar-refractivity contribution in [2.45, 2.75) is 54.7 Å². The maximum absolute atomic E-state index is 14.2. The zero-order valence-corrected chi connectivity index (χ0v) is 16.2. The van der Waals surface area contributed by atoms with Crippen LogP contribution >= 0.6 is 0 Å². The molecular formula is C17H15F13O2. The first-order valence-corrected chi connectivity index (χ1v) is 8.21. The summed E-state index contributed by atoms with van der Waals surface area (Å²) < 4.78 is 182. The molecule has 0 radical (unpaired) electrons. The van der Waals surface area contributed by atoms with E-state index in [0.29, 0.717) is 14.0 Å². The molecule has 0 amide bonds. The van der Waals surface area contributed by atoms with E-state index < -0.39 is 47.8 Å². The van der Waals surface area contributed by atoms with Gasteiger partial charge in [0.1, 0.15) is 5.75 Å². The van der Waals surface area contributed by atoms with Crippen molar-refractivity contribution in [2.24, 2.45) is 0 Å². The molecule has 1 rings (SSSR count). The second-order valence-corrected chi connectivity index (χ2v) is 6.84. The fourth-order valence-corrected chi connectivity index (χ4v) is 2.57. The van der Waals surface area contributed by atoms with Gasteiger partial charge in [0.2, 0.25) is 0 Å². The first kappa shape index (κ1) is 28.1. The number of benzene rings is 1. The fourth-order valence-electron chi connectivity index (χ4n) is 2.57. The van der Waals surface area contributed by atoms with Gasteiger partial charge in [-0.15, -0.1) is 0 Å². The lowest BCUT2D eigenvalue weighted by Gasteiger charge is -2.42. The molecule has 0 heterocycles. The van der Waals surface area contributed by atoms with Crippen LogP contribution in [0.5, 0.6) is 5.75 Å². The Bertz CT molecular complexity index is 787. The molecule has 32 heavy (non-hydrogen) atoms. The van der Waals surface area contributed by atoms with Crippen molar-refractivity contribution in [1.29, 1.82) is 0 Å². The van der Waals surface area contributed by atoms with Crippen LogP contribution in [-0.2, 0) is 10.3 Å². The molecule has 0 aliphatic rings. The second-order valence-electron chi connectivity index (χ2n) is 6.84. The molecule has 0 fully saturated rings. The molecule has 0 bridgehead atoms. The van der Waals surface area contributed by atoms with Crippen LogP contribution in [0.2, 0.25) is 0 Å². The summed E-state index contributed by atoms with van der Waals surface area (Å²) in [6.45, 7) is 0.652. The molecule has 0 aliphatic heterocycles. The quantitative estimate of drug-likeness (QED) is 0.354. The van der Waals surface area contributed by atoms with Crippen molar-refractivity contribution in [3.63, 3.8) is 0 Å². The predicted molar refractivity (Wildman–Crippen MR) is 82.8 cm³/mol. The normalized spacial score (nSPS) is 16.6. The van der Waals surface area contributed by atoms with Gasteiger partial charge in [0.05, 0.1) is 19.1 Å². The van der Waals surface area contributed by atoms with E-state index in [9.17, 15) is 57.1 Å². The molecule has 2 nitrogen and oxygen atoms in total. The number of alkyl halides is 13. The lowest BCUT2D eigenvalue weighted by molar-refractivity contribution is -0.441. The molecule has 1 atom stereocenters. The zero-order chi connectivity index (χ0) is 25.6. The first-order chi connectivity index (χ1) is 14.1.